The van der Waals surface area contributed by atoms with Crippen LogP contribution in [0.3, 0.4) is 0 Å². The predicted octanol–water partition coefficient (Wildman–Crippen LogP) is 5.29. The number of benzene rings is 2. The van der Waals surface area contributed by atoms with E-state index in [4.69, 9.17) is 9.47 Å². The van der Waals surface area contributed by atoms with Crippen LogP contribution in [0.5, 0.6) is 11.5 Å². The van der Waals surface area contributed by atoms with E-state index in [1.54, 1.807) is 26.1 Å². The quantitative estimate of drug-likeness (QED) is 0.376. The van der Waals surface area contributed by atoms with Gasteiger partial charge in [-0.3, -0.25) is 9.69 Å². The monoisotopic (exact) mass is 495 g/mol. The number of carbonyl (C=O) groups is 2. The second-order valence-corrected chi connectivity index (χ2v) is 9.52. The van der Waals surface area contributed by atoms with Gasteiger partial charge < -0.3 is 19.3 Å². The Balaban J connectivity index is 1.74. The maximum atomic E-state index is 13.5. The minimum atomic E-state index is -0.00253. The summed E-state index contributed by atoms with van der Waals surface area (Å²) in [6.07, 6.45) is 5.37. The summed E-state index contributed by atoms with van der Waals surface area (Å²) in [4.78, 5) is 31.0. The minimum Gasteiger partial charge on any atom is -0.493 e. The summed E-state index contributed by atoms with van der Waals surface area (Å²) in [6, 6.07) is 11.9. The molecule has 0 spiro atoms. The molecule has 0 N–H and O–H groups in total. The summed E-state index contributed by atoms with van der Waals surface area (Å²) in [7, 11) is 5.18. The van der Waals surface area contributed by atoms with E-state index < -0.39 is 0 Å². The van der Waals surface area contributed by atoms with Crippen molar-refractivity contribution in [1.29, 1.82) is 0 Å². The van der Waals surface area contributed by atoms with Gasteiger partial charge in [0.15, 0.2) is 11.5 Å². The number of carbonyl (C=O) groups excluding carboxylic acids is 2. The molecule has 0 aliphatic carbocycles. The molecule has 1 saturated heterocycles. The number of likely N-dealkylation sites (N-methyl/N-ethyl adjacent to an activating group) is 1. The first-order valence-electron chi connectivity index (χ1n) is 13.1. The smallest absolute Gasteiger partial charge is 0.324 e. The van der Waals surface area contributed by atoms with E-state index in [2.05, 4.69) is 26.0 Å². The Labute approximate surface area is 216 Å². The Bertz CT molecular complexity index is 1040. The Morgan fingerprint density at radius 1 is 1.00 bits per heavy atom. The average Bonchev–Trinajstić information content (AvgIpc) is 2.88. The number of ether oxygens (including phenoxy) is 2. The van der Waals surface area contributed by atoms with Crippen molar-refractivity contribution < 1.29 is 19.1 Å². The van der Waals surface area contributed by atoms with Crippen LogP contribution in [-0.2, 0) is 24.2 Å². The van der Waals surface area contributed by atoms with Crippen LogP contribution in [0, 0.1) is 0 Å². The molecule has 0 bridgehead atoms. The molecule has 1 aliphatic rings. The van der Waals surface area contributed by atoms with Crippen molar-refractivity contribution >= 4 is 17.6 Å². The first-order chi connectivity index (χ1) is 17.4. The summed E-state index contributed by atoms with van der Waals surface area (Å²) in [5.41, 5.74) is 4.13. The fraction of sp³-hybridized carbons (Fsp3) is 0.517. The number of nitrogens with zero attached hydrogens (tertiary/aromatic N) is 3. The number of hydrogen-bond donors (Lipinski definition) is 0. The van der Waals surface area contributed by atoms with Gasteiger partial charge in [0, 0.05) is 45.5 Å². The fourth-order valence-electron chi connectivity index (χ4n) is 4.46. The standard InChI is InChI=1S/C29H41N3O4/c1-6-8-9-17-36-27-20-25(13-14-26(27)35-5)32-16-10-15-31(29(32)34)21-24-12-11-22(18-23(24)7-2)19-28(33)30(3)4/h11-14,18,20H,6-10,15-17,19,21H2,1-5H3. The van der Waals surface area contributed by atoms with Gasteiger partial charge in [0.1, 0.15) is 0 Å². The lowest BCUT2D eigenvalue weighted by Crippen LogP contribution is -2.49. The van der Waals surface area contributed by atoms with Gasteiger partial charge in [-0.1, -0.05) is 44.9 Å². The zero-order chi connectivity index (χ0) is 26.1. The zero-order valence-electron chi connectivity index (χ0n) is 22.5. The van der Waals surface area contributed by atoms with Crippen molar-refractivity contribution in [2.45, 2.75) is 58.9 Å². The number of aryl methyl sites for hydroxylation is 1. The van der Waals surface area contributed by atoms with Crippen molar-refractivity contribution in [2.24, 2.45) is 0 Å². The van der Waals surface area contributed by atoms with Crippen LogP contribution in [-0.4, -0.2) is 62.6 Å². The van der Waals surface area contributed by atoms with Crippen molar-refractivity contribution in [3.05, 3.63) is 53.1 Å². The van der Waals surface area contributed by atoms with Gasteiger partial charge in [0.25, 0.3) is 0 Å². The van der Waals surface area contributed by atoms with Gasteiger partial charge >= 0.3 is 6.03 Å². The molecular formula is C29H41N3O4. The van der Waals surface area contributed by atoms with Crippen LogP contribution in [0.4, 0.5) is 10.5 Å². The van der Waals surface area contributed by atoms with E-state index >= 15 is 0 Å². The van der Waals surface area contributed by atoms with Crippen LogP contribution >= 0.6 is 0 Å². The van der Waals surface area contributed by atoms with Crippen LogP contribution in [0.15, 0.2) is 36.4 Å². The van der Waals surface area contributed by atoms with Gasteiger partial charge in [-0.15, -0.1) is 0 Å². The average molecular weight is 496 g/mol. The molecule has 196 valence electrons. The van der Waals surface area contributed by atoms with Crippen molar-refractivity contribution in [3.63, 3.8) is 0 Å². The third kappa shape index (κ3) is 6.93. The summed E-state index contributed by atoms with van der Waals surface area (Å²) in [5.74, 6) is 1.43. The summed E-state index contributed by atoms with van der Waals surface area (Å²) in [6.45, 7) is 6.85. The normalized spacial score (nSPS) is 13.6. The molecule has 0 aromatic heterocycles. The van der Waals surface area contributed by atoms with E-state index in [0.717, 1.165) is 55.5 Å². The molecule has 1 heterocycles. The molecule has 0 atom stereocenters. The molecule has 3 amide bonds. The summed E-state index contributed by atoms with van der Waals surface area (Å²) in [5, 5.41) is 0. The number of hydrogen-bond acceptors (Lipinski definition) is 4. The van der Waals surface area contributed by atoms with Gasteiger partial charge in [0.05, 0.1) is 20.1 Å². The van der Waals surface area contributed by atoms with Gasteiger partial charge in [0.2, 0.25) is 5.91 Å². The van der Waals surface area contributed by atoms with Crippen molar-refractivity contribution in [3.8, 4) is 11.5 Å². The van der Waals surface area contributed by atoms with Crippen molar-refractivity contribution in [1.82, 2.24) is 9.80 Å². The first-order valence-corrected chi connectivity index (χ1v) is 13.1. The van der Waals surface area contributed by atoms with Crippen LogP contribution in [0.1, 0.15) is 56.2 Å². The minimum absolute atomic E-state index is 0.00253. The van der Waals surface area contributed by atoms with Crippen LogP contribution in [0.25, 0.3) is 0 Å². The molecule has 0 unspecified atom stereocenters. The second-order valence-electron chi connectivity index (χ2n) is 9.52. The molecule has 0 radical (unpaired) electrons. The maximum absolute atomic E-state index is 13.5. The maximum Gasteiger partial charge on any atom is 0.324 e. The Morgan fingerprint density at radius 3 is 2.50 bits per heavy atom. The van der Waals surface area contributed by atoms with E-state index in [1.165, 1.54) is 5.56 Å². The molecule has 7 heteroatoms. The summed E-state index contributed by atoms with van der Waals surface area (Å²) < 4.78 is 11.5. The second kappa shape index (κ2) is 13.2. The van der Waals surface area contributed by atoms with E-state index in [0.29, 0.717) is 37.6 Å². The predicted molar refractivity (Wildman–Crippen MR) is 144 cm³/mol. The highest BCUT2D eigenvalue weighted by atomic mass is 16.5. The molecule has 0 saturated carbocycles. The third-order valence-electron chi connectivity index (χ3n) is 6.64. The van der Waals surface area contributed by atoms with E-state index in [-0.39, 0.29) is 11.9 Å². The lowest BCUT2D eigenvalue weighted by atomic mass is 9.99. The zero-order valence-corrected chi connectivity index (χ0v) is 22.5. The Morgan fingerprint density at radius 2 is 1.81 bits per heavy atom. The lowest BCUT2D eigenvalue weighted by Gasteiger charge is -2.36. The number of urea groups is 1. The van der Waals surface area contributed by atoms with Gasteiger partial charge in [-0.05, 0) is 48.1 Å². The molecule has 3 rings (SSSR count). The highest BCUT2D eigenvalue weighted by Gasteiger charge is 2.28. The number of methoxy groups -OCH3 is 1. The highest BCUT2D eigenvalue weighted by molar-refractivity contribution is 5.93. The van der Waals surface area contributed by atoms with E-state index in [1.807, 2.05) is 34.1 Å². The Kier molecular flexibility index (Phi) is 10.0. The molecule has 2 aromatic carbocycles. The fourth-order valence-corrected chi connectivity index (χ4v) is 4.46. The third-order valence-corrected chi connectivity index (χ3v) is 6.64. The number of rotatable bonds is 12. The molecule has 2 aromatic rings. The molecule has 36 heavy (non-hydrogen) atoms. The largest absolute Gasteiger partial charge is 0.493 e. The molecule has 7 nitrogen and oxygen atoms in total. The number of amides is 3. The topological polar surface area (TPSA) is 62.3 Å². The highest BCUT2D eigenvalue weighted by Crippen LogP contribution is 2.33. The van der Waals surface area contributed by atoms with E-state index in [9.17, 15) is 9.59 Å². The Hall–Kier alpha value is -3.22. The van der Waals surface area contributed by atoms with Gasteiger partial charge in [-0.25, -0.2) is 4.79 Å². The molecule has 1 aliphatic heterocycles. The first kappa shape index (κ1) is 27.4. The summed E-state index contributed by atoms with van der Waals surface area (Å²) >= 11 is 0. The molecule has 1 fully saturated rings. The SMILES string of the molecule is CCCCCOc1cc(N2CCCN(Cc3ccc(CC(=O)N(C)C)cc3CC)C2=O)ccc1OC. The number of unbranched alkanes of at least 4 members (excludes halogenated alkanes) is 2. The van der Waals surface area contributed by atoms with Gasteiger partial charge in [-0.2, -0.15) is 0 Å². The lowest BCUT2D eigenvalue weighted by molar-refractivity contribution is -0.127. The van der Waals surface area contributed by atoms with Crippen molar-refractivity contribution in [2.75, 3.05) is 45.8 Å². The number of anilines is 1. The molecular weight excluding hydrogens is 454 g/mol. The van der Waals surface area contributed by atoms with Crippen LogP contribution in [0.2, 0.25) is 0 Å². The van der Waals surface area contributed by atoms with Crippen LogP contribution < -0.4 is 14.4 Å².